The first-order valence-electron chi connectivity index (χ1n) is 11.0. The third kappa shape index (κ3) is 4.47. The Balaban J connectivity index is 1.39. The van der Waals surface area contributed by atoms with Gasteiger partial charge in [-0.1, -0.05) is 18.7 Å². The van der Waals surface area contributed by atoms with Gasteiger partial charge in [0, 0.05) is 23.2 Å². The fraction of sp³-hybridized carbons (Fsp3) is 0.435. The number of aromatic nitrogens is 2. The molecule has 0 radical (unpaired) electrons. The first-order chi connectivity index (χ1) is 16.0. The molecule has 4 heterocycles. The average molecular weight is 488 g/mol. The molecule has 1 fully saturated rings. The highest BCUT2D eigenvalue weighted by Crippen LogP contribution is 2.34. The first-order valence-corrected chi connectivity index (χ1v) is 12.8. The van der Waals surface area contributed by atoms with Crippen LogP contribution in [0.5, 0.6) is 11.5 Å². The van der Waals surface area contributed by atoms with Crippen molar-refractivity contribution in [3.8, 4) is 11.5 Å². The summed E-state index contributed by atoms with van der Waals surface area (Å²) in [5.74, 6) is 1.21. The molecular formula is C23H25N3O5S2. The van der Waals surface area contributed by atoms with Gasteiger partial charge in [-0.05, 0) is 43.9 Å². The van der Waals surface area contributed by atoms with Crippen LogP contribution in [0, 0.1) is 6.92 Å². The number of nitrogens with one attached hydrogen (secondary N) is 1. The van der Waals surface area contributed by atoms with Gasteiger partial charge in [0.1, 0.15) is 4.83 Å². The fourth-order valence-electron chi connectivity index (χ4n) is 4.22. The minimum atomic E-state index is -0.187. The van der Waals surface area contributed by atoms with E-state index in [2.05, 4.69) is 12.2 Å². The Morgan fingerprint density at radius 3 is 2.97 bits per heavy atom. The molecule has 1 amide bonds. The number of hydrogen-bond acceptors (Lipinski definition) is 8. The standard InChI is InChI=1S/C23H25N3O5S2/c1-3-16-13(2)33-21-20(16)22(28)26(10-15-5-4-8-29-15)23(25-21)32-11-19(27)24-14-6-7-17-18(9-14)31-12-30-17/h6-7,9,15H,3-5,8,10-12H2,1-2H3,(H,24,27). The van der Waals surface area contributed by atoms with Gasteiger partial charge in [0.15, 0.2) is 16.7 Å². The van der Waals surface area contributed by atoms with Crippen LogP contribution in [0.3, 0.4) is 0 Å². The minimum absolute atomic E-state index is 0.00596. The molecular weight excluding hydrogens is 462 g/mol. The Morgan fingerprint density at radius 1 is 1.33 bits per heavy atom. The zero-order chi connectivity index (χ0) is 22.9. The summed E-state index contributed by atoms with van der Waals surface area (Å²) in [5, 5.41) is 4.13. The second-order valence-electron chi connectivity index (χ2n) is 8.02. The lowest BCUT2D eigenvalue weighted by Crippen LogP contribution is -2.29. The quantitative estimate of drug-likeness (QED) is 0.398. The Kier molecular flexibility index (Phi) is 6.31. The zero-order valence-corrected chi connectivity index (χ0v) is 20.1. The Bertz CT molecular complexity index is 1260. The van der Waals surface area contributed by atoms with Crippen molar-refractivity contribution in [3.05, 3.63) is 39.0 Å². The van der Waals surface area contributed by atoms with E-state index in [1.165, 1.54) is 23.1 Å². The third-order valence-electron chi connectivity index (χ3n) is 5.83. The van der Waals surface area contributed by atoms with Gasteiger partial charge in [0.2, 0.25) is 12.7 Å². The summed E-state index contributed by atoms with van der Waals surface area (Å²) in [6.07, 6.45) is 2.69. The molecule has 3 aromatic rings. The van der Waals surface area contributed by atoms with E-state index < -0.39 is 0 Å². The number of hydrogen-bond donors (Lipinski definition) is 1. The highest BCUT2D eigenvalue weighted by atomic mass is 32.2. The smallest absolute Gasteiger partial charge is 0.263 e. The molecule has 10 heteroatoms. The predicted molar refractivity (Wildman–Crippen MR) is 129 cm³/mol. The van der Waals surface area contributed by atoms with Gasteiger partial charge in [-0.15, -0.1) is 11.3 Å². The number of ether oxygens (including phenoxy) is 3. The van der Waals surface area contributed by atoms with Crippen LogP contribution < -0.4 is 20.3 Å². The number of nitrogens with zero attached hydrogens (tertiary/aromatic N) is 2. The maximum Gasteiger partial charge on any atom is 0.263 e. The van der Waals surface area contributed by atoms with Gasteiger partial charge < -0.3 is 19.5 Å². The maximum absolute atomic E-state index is 13.5. The predicted octanol–water partition coefficient (Wildman–Crippen LogP) is 3.97. The molecule has 2 aliphatic rings. The van der Waals surface area contributed by atoms with Crippen molar-refractivity contribution in [2.75, 3.05) is 24.5 Å². The minimum Gasteiger partial charge on any atom is -0.454 e. The van der Waals surface area contributed by atoms with Crippen molar-refractivity contribution in [1.82, 2.24) is 9.55 Å². The molecule has 8 nitrogen and oxygen atoms in total. The number of carbonyl (C=O) groups excluding carboxylic acids is 1. The second-order valence-corrected chi connectivity index (χ2v) is 10.2. The number of anilines is 1. The van der Waals surface area contributed by atoms with Crippen molar-refractivity contribution < 1.29 is 19.0 Å². The number of rotatable bonds is 7. The highest BCUT2D eigenvalue weighted by Gasteiger charge is 2.23. The summed E-state index contributed by atoms with van der Waals surface area (Å²) in [5.41, 5.74) is 1.65. The van der Waals surface area contributed by atoms with Crippen LogP contribution in [-0.4, -0.2) is 40.7 Å². The van der Waals surface area contributed by atoms with Crippen LogP contribution in [0.25, 0.3) is 10.2 Å². The maximum atomic E-state index is 13.5. The van der Waals surface area contributed by atoms with Gasteiger partial charge >= 0.3 is 0 Å². The molecule has 2 aromatic heterocycles. The molecule has 5 rings (SSSR count). The zero-order valence-electron chi connectivity index (χ0n) is 18.5. The van der Waals surface area contributed by atoms with Gasteiger partial charge in [-0.25, -0.2) is 4.98 Å². The first kappa shape index (κ1) is 22.2. The number of amides is 1. The van der Waals surface area contributed by atoms with E-state index >= 15 is 0 Å². The summed E-state index contributed by atoms with van der Waals surface area (Å²) in [6, 6.07) is 5.28. The van der Waals surface area contributed by atoms with Gasteiger partial charge in [0.05, 0.1) is 23.8 Å². The van der Waals surface area contributed by atoms with E-state index in [4.69, 9.17) is 19.2 Å². The molecule has 0 saturated carbocycles. The Hall–Kier alpha value is -2.56. The van der Waals surface area contributed by atoms with Gasteiger partial charge in [-0.3, -0.25) is 14.2 Å². The van der Waals surface area contributed by atoms with Crippen LogP contribution in [0.2, 0.25) is 0 Å². The summed E-state index contributed by atoms with van der Waals surface area (Å²) in [6.45, 7) is 5.43. The van der Waals surface area contributed by atoms with E-state index in [0.717, 1.165) is 34.5 Å². The van der Waals surface area contributed by atoms with Crippen LogP contribution in [0.4, 0.5) is 5.69 Å². The van der Waals surface area contributed by atoms with Crippen molar-refractivity contribution in [1.29, 1.82) is 0 Å². The fourth-order valence-corrected chi connectivity index (χ4v) is 6.19. The monoisotopic (exact) mass is 487 g/mol. The topological polar surface area (TPSA) is 91.7 Å². The van der Waals surface area contributed by atoms with Crippen molar-refractivity contribution in [3.63, 3.8) is 0 Å². The molecule has 2 aliphatic heterocycles. The second kappa shape index (κ2) is 9.36. The lowest BCUT2D eigenvalue weighted by Gasteiger charge is -2.16. The van der Waals surface area contributed by atoms with E-state index in [0.29, 0.717) is 40.9 Å². The number of thiophene rings is 1. The number of thioether (sulfide) groups is 1. The number of aryl methyl sites for hydroxylation is 2. The molecule has 1 aromatic carbocycles. The lowest BCUT2D eigenvalue weighted by molar-refractivity contribution is -0.113. The molecule has 174 valence electrons. The molecule has 0 aliphatic carbocycles. The SMILES string of the molecule is CCc1c(C)sc2nc(SCC(=O)Nc3ccc4c(c3)OCO4)n(CC3CCCO3)c(=O)c12. The molecule has 0 spiro atoms. The van der Waals surface area contributed by atoms with Crippen molar-refractivity contribution >= 4 is 44.9 Å². The molecule has 1 atom stereocenters. The van der Waals surface area contributed by atoms with Crippen LogP contribution in [-0.2, 0) is 22.5 Å². The molecule has 1 N–H and O–H groups in total. The highest BCUT2D eigenvalue weighted by molar-refractivity contribution is 7.99. The van der Waals surface area contributed by atoms with Crippen molar-refractivity contribution in [2.45, 2.75) is 50.9 Å². The number of fused-ring (bicyclic) bond motifs is 2. The summed E-state index contributed by atoms with van der Waals surface area (Å²) in [4.78, 5) is 32.8. The van der Waals surface area contributed by atoms with Crippen LogP contribution >= 0.6 is 23.1 Å². The molecule has 1 unspecified atom stereocenters. The normalized spacial score (nSPS) is 17.1. The molecule has 1 saturated heterocycles. The third-order valence-corrected chi connectivity index (χ3v) is 7.85. The Labute approximate surface area is 199 Å². The van der Waals surface area contributed by atoms with Gasteiger partial charge in [-0.2, -0.15) is 0 Å². The molecule has 33 heavy (non-hydrogen) atoms. The number of carbonyl (C=O) groups is 1. The lowest BCUT2D eigenvalue weighted by atomic mass is 10.1. The van der Waals surface area contributed by atoms with E-state index in [1.807, 2.05) is 6.92 Å². The Morgan fingerprint density at radius 2 is 2.18 bits per heavy atom. The van der Waals surface area contributed by atoms with Crippen LogP contribution in [0.1, 0.15) is 30.2 Å². The van der Waals surface area contributed by atoms with E-state index in [1.54, 1.807) is 22.8 Å². The van der Waals surface area contributed by atoms with Gasteiger partial charge in [0.25, 0.3) is 5.56 Å². The summed E-state index contributed by atoms with van der Waals surface area (Å²) < 4.78 is 18.2. The summed E-state index contributed by atoms with van der Waals surface area (Å²) >= 11 is 2.81. The summed E-state index contributed by atoms with van der Waals surface area (Å²) in [7, 11) is 0. The largest absolute Gasteiger partial charge is 0.454 e. The van der Waals surface area contributed by atoms with Crippen LogP contribution in [0.15, 0.2) is 28.2 Å². The average Bonchev–Trinajstić information content (AvgIpc) is 3.54. The van der Waals surface area contributed by atoms with E-state index in [9.17, 15) is 9.59 Å². The molecule has 0 bridgehead atoms. The number of benzene rings is 1. The van der Waals surface area contributed by atoms with E-state index in [-0.39, 0.29) is 30.1 Å². The van der Waals surface area contributed by atoms with Crippen molar-refractivity contribution in [2.24, 2.45) is 0 Å².